The van der Waals surface area contributed by atoms with Crippen molar-refractivity contribution in [3.63, 3.8) is 0 Å². The summed E-state index contributed by atoms with van der Waals surface area (Å²) in [6.45, 7) is 2.18. The van der Waals surface area contributed by atoms with E-state index in [1.165, 1.54) is 84.4 Å². The molecule has 1 saturated carbocycles. The van der Waals surface area contributed by atoms with E-state index in [0.29, 0.717) is 17.5 Å². The lowest BCUT2D eigenvalue weighted by Crippen LogP contribution is -2.15. The van der Waals surface area contributed by atoms with Gasteiger partial charge in [0.25, 0.3) is 0 Å². The van der Waals surface area contributed by atoms with Gasteiger partial charge < -0.3 is 20.6 Å². The molecule has 0 amide bonds. The molecule has 8 rings (SSSR count). The minimum atomic E-state index is 0.369. The van der Waals surface area contributed by atoms with Crippen LogP contribution >= 0.6 is 11.3 Å². The van der Waals surface area contributed by atoms with Crippen LogP contribution in [0.4, 0.5) is 0 Å². The number of nitrogens with zero attached hydrogens (tertiary/aromatic N) is 2. The van der Waals surface area contributed by atoms with E-state index in [1.807, 2.05) is 17.5 Å². The summed E-state index contributed by atoms with van der Waals surface area (Å²) < 4.78 is 0. The highest BCUT2D eigenvalue weighted by molar-refractivity contribution is 7.18. The van der Waals surface area contributed by atoms with Crippen molar-refractivity contribution < 1.29 is 0 Å². The van der Waals surface area contributed by atoms with Gasteiger partial charge in [-0.2, -0.15) is 0 Å². The van der Waals surface area contributed by atoms with Gasteiger partial charge in [0.1, 0.15) is 11.6 Å². The molecule has 2 unspecified atom stereocenters. The highest BCUT2D eigenvalue weighted by Crippen LogP contribution is 2.53. The first-order valence-electron chi connectivity index (χ1n) is 14.6. The highest BCUT2D eigenvalue weighted by Gasteiger charge is 2.42. The average Bonchev–Trinajstić information content (AvgIpc) is 3.79. The van der Waals surface area contributed by atoms with E-state index < -0.39 is 0 Å². The van der Waals surface area contributed by atoms with Crippen molar-refractivity contribution in [3.05, 3.63) is 59.4 Å². The van der Waals surface area contributed by atoms with Gasteiger partial charge >= 0.3 is 0 Å². The van der Waals surface area contributed by atoms with Gasteiger partial charge in [0.15, 0.2) is 0 Å². The Morgan fingerprint density at radius 2 is 1.29 bits per heavy atom. The maximum Gasteiger partial charge on any atom is 0.123 e. The Kier molecular flexibility index (Phi) is 5.60. The van der Waals surface area contributed by atoms with Gasteiger partial charge in [0.2, 0.25) is 0 Å². The van der Waals surface area contributed by atoms with Gasteiger partial charge in [-0.15, -0.1) is 11.3 Å². The number of H-pyrrole nitrogens is 2. The zero-order valence-electron chi connectivity index (χ0n) is 21.9. The summed E-state index contributed by atoms with van der Waals surface area (Å²) in [5.41, 5.74) is 8.70. The predicted octanol–water partition coefficient (Wildman–Crippen LogP) is 6.70. The Bertz CT molecular complexity index is 1460. The van der Waals surface area contributed by atoms with Crippen molar-refractivity contribution in [2.75, 3.05) is 13.1 Å². The van der Waals surface area contributed by atoms with E-state index in [-0.39, 0.29) is 0 Å². The number of thiophene rings is 1. The van der Waals surface area contributed by atoms with Crippen LogP contribution in [0, 0.1) is 5.41 Å². The minimum Gasteiger partial charge on any atom is -0.341 e. The van der Waals surface area contributed by atoms with Crippen LogP contribution in [0.15, 0.2) is 36.7 Å². The summed E-state index contributed by atoms with van der Waals surface area (Å²) >= 11 is 1.89. The van der Waals surface area contributed by atoms with Crippen molar-refractivity contribution in [3.8, 4) is 32.3 Å². The van der Waals surface area contributed by atoms with Crippen LogP contribution in [0.5, 0.6) is 0 Å². The number of nitrogens with one attached hydrogen (secondary N) is 4. The summed E-state index contributed by atoms with van der Waals surface area (Å²) in [7, 11) is 0. The molecule has 4 N–H and O–H groups in total. The Hall–Kier alpha value is -2.74. The number of hydrogen-bond acceptors (Lipinski definition) is 5. The molecule has 2 atom stereocenters. The third-order valence-electron chi connectivity index (χ3n) is 9.60. The molecule has 1 aromatic carbocycles. The molecule has 3 fully saturated rings. The van der Waals surface area contributed by atoms with E-state index in [2.05, 4.69) is 51.1 Å². The summed E-state index contributed by atoms with van der Waals surface area (Å²) in [6.07, 6.45) is 16.8. The van der Waals surface area contributed by atoms with E-state index in [9.17, 15) is 0 Å². The van der Waals surface area contributed by atoms with Crippen molar-refractivity contribution in [1.82, 2.24) is 30.6 Å². The zero-order valence-corrected chi connectivity index (χ0v) is 22.7. The number of hydrogen-bond donors (Lipinski definition) is 4. The van der Waals surface area contributed by atoms with Crippen LogP contribution in [0.3, 0.4) is 0 Å². The maximum atomic E-state index is 4.81. The number of aromatic amines is 2. The first kappa shape index (κ1) is 23.2. The lowest BCUT2D eigenvalue weighted by atomic mass is 9.83. The van der Waals surface area contributed by atoms with Crippen LogP contribution in [0.25, 0.3) is 32.3 Å². The molecule has 7 heteroatoms. The third kappa shape index (κ3) is 3.90. The van der Waals surface area contributed by atoms with E-state index >= 15 is 0 Å². The molecule has 0 radical (unpaired) electrons. The van der Waals surface area contributed by atoms with Crippen LogP contribution in [-0.4, -0.2) is 33.0 Å². The summed E-state index contributed by atoms with van der Waals surface area (Å²) in [5.74, 6) is 2.17. The first-order chi connectivity index (χ1) is 18.7. The maximum absolute atomic E-state index is 4.81. The number of rotatable bonds is 5. The second-order valence-electron chi connectivity index (χ2n) is 12.0. The summed E-state index contributed by atoms with van der Waals surface area (Å²) in [5, 5.41) is 7.15. The SMILES string of the molecule is c1nc(C2CCCN2)[nH]c1-c1ccc(-c2ccc(-c3cnc(C4CCCN4)[nH]3)c3c2CC2(CCCC2)C3)s1. The Labute approximate surface area is 228 Å². The minimum absolute atomic E-state index is 0.369. The number of imidazole rings is 2. The molecule has 196 valence electrons. The fourth-order valence-electron chi connectivity index (χ4n) is 7.62. The molecule has 3 aromatic heterocycles. The van der Waals surface area contributed by atoms with Crippen molar-refractivity contribution in [1.29, 1.82) is 0 Å². The fourth-order valence-corrected chi connectivity index (χ4v) is 8.65. The number of fused-ring (bicyclic) bond motifs is 1. The van der Waals surface area contributed by atoms with Gasteiger partial charge in [-0.1, -0.05) is 25.0 Å². The summed E-state index contributed by atoms with van der Waals surface area (Å²) in [6, 6.07) is 10.1. The molecular weight excluding hydrogens is 488 g/mol. The molecule has 2 saturated heterocycles. The molecule has 0 bridgehead atoms. The van der Waals surface area contributed by atoms with Crippen molar-refractivity contribution in [2.45, 2.75) is 76.3 Å². The molecule has 5 heterocycles. The van der Waals surface area contributed by atoms with Crippen LogP contribution in [0.1, 0.15) is 86.2 Å². The largest absolute Gasteiger partial charge is 0.341 e. The zero-order chi connectivity index (χ0) is 25.1. The molecule has 6 nitrogen and oxygen atoms in total. The van der Waals surface area contributed by atoms with Gasteiger partial charge in [-0.05, 0) is 98.7 Å². The van der Waals surface area contributed by atoms with Crippen LogP contribution in [0.2, 0.25) is 0 Å². The van der Waals surface area contributed by atoms with Crippen molar-refractivity contribution in [2.24, 2.45) is 5.41 Å². The average molecular weight is 525 g/mol. The predicted molar refractivity (Wildman–Crippen MR) is 153 cm³/mol. The monoisotopic (exact) mass is 524 g/mol. The Balaban J connectivity index is 1.15. The first-order valence-corrected chi connectivity index (χ1v) is 15.4. The second-order valence-corrected chi connectivity index (χ2v) is 13.1. The molecule has 2 aliphatic heterocycles. The number of benzene rings is 1. The molecule has 2 aliphatic carbocycles. The molecule has 1 spiro atoms. The van der Waals surface area contributed by atoms with Crippen LogP contribution < -0.4 is 10.6 Å². The smallest absolute Gasteiger partial charge is 0.123 e. The molecule has 4 aromatic rings. The summed E-state index contributed by atoms with van der Waals surface area (Å²) in [4.78, 5) is 19.5. The highest BCUT2D eigenvalue weighted by atomic mass is 32.1. The Morgan fingerprint density at radius 1 is 0.684 bits per heavy atom. The quantitative estimate of drug-likeness (QED) is 0.234. The van der Waals surface area contributed by atoms with Gasteiger partial charge in [-0.25, -0.2) is 9.97 Å². The van der Waals surface area contributed by atoms with Gasteiger partial charge in [-0.3, -0.25) is 0 Å². The van der Waals surface area contributed by atoms with Crippen molar-refractivity contribution >= 4 is 11.3 Å². The molecule has 4 aliphatic rings. The normalized spacial score (nSPS) is 24.1. The number of aromatic nitrogens is 4. The van der Waals surface area contributed by atoms with E-state index in [4.69, 9.17) is 9.97 Å². The third-order valence-corrected chi connectivity index (χ3v) is 10.7. The van der Waals surface area contributed by atoms with E-state index in [0.717, 1.165) is 36.9 Å². The standard InChI is InChI=1S/C31H36N6S/c1-2-12-31(11-1)15-21-19(25-17-34-29(36-25)23-5-3-13-32-23)7-8-20(22(21)16-31)27-9-10-28(38-27)26-18-35-30(37-26)24-6-4-14-33-24/h7-10,17-18,23-24,32-33H,1-6,11-16H2,(H,34,36)(H,35,37). The van der Waals surface area contributed by atoms with E-state index in [1.54, 1.807) is 11.1 Å². The Morgan fingerprint density at radius 3 is 1.97 bits per heavy atom. The van der Waals surface area contributed by atoms with Crippen LogP contribution in [-0.2, 0) is 12.8 Å². The second kappa shape index (κ2) is 9.18. The molecular formula is C31H36N6S. The lowest BCUT2D eigenvalue weighted by molar-refractivity contribution is 0.318. The fraction of sp³-hybridized carbons (Fsp3) is 0.484. The van der Waals surface area contributed by atoms with Gasteiger partial charge in [0, 0.05) is 10.4 Å². The topological polar surface area (TPSA) is 81.4 Å². The molecule has 38 heavy (non-hydrogen) atoms. The lowest BCUT2D eigenvalue weighted by Gasteiger charge is -2.21. The van der Waals surface area contributed by atoms with Gasteiger partial charge in [0.05, 0.1) is 40.7 Å².